The summed E-state index contributed by atoms with van der Waals surface area (Å²) in [6.45, 7) is 2.53. The van der Waals surface area contributed by atoms with Crippen LogP contribution < -0.4 is 14.8 Å². The summed E-state index contributed by atoms with van der Waals surface area (Å²) in [7, 11) is 0. The lowest BCUT2D eigenvalue weighted by atomic mass is 9.89. The third-order valence-corrected chi connectivity index (χ3v) is 3.70. The van der Waals surface area contributed by atoms with Crippen LogP contribution in [0.4, 0.5) is 0 Å². The van der Waals surface area contributed by atoms with Crippen molar-refractivity contribution in [2.24, 2.45) is 0 Å². The van der Waals surface area contributed by atoms with Gasteiger partial charge < -0.3 is 14.8 Å². The van der Waals surface area contributed by atoms with Crippen molar-refractivity contribution >= 4 is 15.9 Å². The van der Waals surface area contributed by atoms with Crippen molar-refractivity contribution in [3.63, 3.8) is 0 Å². The molecule has 0 bridgehead atoms. The predicted molar refractivity (Wildman–Crippen MR) is 65.1 cm³/mol. The van der Waals surface area contributed by atoms with Crippen LogP contribution in [-0.2, 0) is 0 Å². The van der Waals surface area contributed by atoms with Gasteiger partial charge in [0.2, 0.25) is 6.79 Å². The molecular weight excluding hydrogens is 270 g/mol. The van der Waals surface area contributed by atoms with Gasteiger partial charge >= 0.3 is 0 Å². The Morgan fingerprint density at radius 1 is 1.19 bits per heavy atom. The van der Waals surface area contributed by atoms with Gasteiger partial charge in [-0.05, 0) is 44.0 Å². The maximum absolute atomic E-state index is 5.57. The van der Waals surface area contributed by atoms with Gasteiger partial charge in [-0.3, -0.25) is 0 Å². The second kappa shape index (κ2) is 4.26. The van der Waals surface area contributed by atoms with Gasteiger partial charge in [-0.1, -0.05) is 15.9 Å². The Kier molecular flexibility index (Phi) is 2.77. The fourth-order valence-electron chi connectivity index (χ4n) is 2.44. The minimum Gasteiger partial charge on any atom is -0.454 e. The molecule has 86 valence electrons. The second-order valence-corrected chi connectivity index (χ2v) is 5.17. The molecule has 1 aromatic rings. The highest BCUT2D eigenvalue weighted by Crippen LogP contribution is 2.43. The van der Waals surface area contributed by atoms with Gasteiger partial charge in [-0.2, -0.15) is 0 Å². The van der Waals surface area contributed by atoms with Gasteiger partial charge in [-0.25, -0.2) is 0 Å². The van der Waals surface area contributed by atoms with E-state index in [-0.39, 0.29) is 0 Å². The standard InChI is InChI=1S/C12H14BrNO2/c13-9-5-10(8-1-3-14-4-2-8)12-11(6-9)15-7-16-12/h5-6,8,14H,1-4,7H2. The third-order valence-electron chi connectivity index (χ3n) is 3.25. The van der Waals surface area contributed by atoms with Crippen LogP contribution >= 0.6 is 15.9 Å². The lowest BCUT2D eigenvalue weighted by Crippen LogP contribution is -2.26. The molecule has 2 aliphatic rings. The summed E-state index contributed by atoms with van der Waals surface area (Å²) in [5, 5.41) is 3.38. The number of rotatable bonds is 1. The Labute approximate surface area is 103 Å². The van der Waals surface area contributed by atoms with E-state index in [9.17, 15) is 0 Å². The van der Waals surface area contributed by atoms with Crippen molar-refractivity contribution in [1.82, 2.24) is 5.32 Å². The first-order valence-corrected chi connectivity index (χ1v) is 6.43. The molecule has 16 heavy (non-hydrogen) atoms. The molecule has 0 aromatic heterocycles. The molecule has 0 aliphatic carbocycles. The quantitative estimate of drug-likeness (QED) is 0.860. The van der Waals surface area contributed by atoms with Crippen LogP contribution in [0.1, 0.15) is 24.3 Å². The monoisotopic (exact) mass is 283 g/mol. The zero-order valence-corrected chi connectivity index (χ0v) is 10.5. The number of hydrogen-bond acceptors (Lipinski definition) is 3. The van der Waals surface area contributed by atoms with Gasteiger partial charge in [-0.15, -0.1) is 0 Å². The Bertz CT molecular complexity index is 402. The topological polar surface area (TPSA) is 30.5 Å². The first kappa shape index (κ1) is 10.4. The summed E-state index contributed by atoms with van der Waals surface area (Å²) < 4.78 is 12.1. The molecule has 1 fully saturated rings. The van der Waals surface area contributed by atoms with Crippen molar-refractivity contribution in [2.45, 2.75) is 18.8 Å². The number of nitrogens with one attached hydrogen (secondary N) is 1. The molecule has 0 atom stereocenters. The summed E-state index contributed by atoms with van der Waals surface area (Å²) in [5.74, 6) is 2.42. The van der Waals surface area contributed by atoms with E-state index in [0.717, 1.165) is 29.1 Å². The fourth-order valence-corrected chi connectivity index (χ4v) is 2.89. The molecule has 0 saturated carbocycles. The molecule has 2 heterocycles. The van der Waals surface area contributed by atoms with Crippen molar-refractivity contribution in [3.05, 3.63) is 22.2 Å². The van der Waals surface area contributed by atoms with E-state index in [1.165, 1.54) is 18.4 Å². The van der Waals surface area contributed by atoms with E-state index in [1.807, 2.05) is 6.07 Å². The molecule has 0 spiro atoms. The highest BCUT2D eigenvalue weighted by molar-refractivity contribution is 9.10. The van der Waals surface area contributed by atoms with E-state index in [2.05, 4.69) is 27.3 Å². The van der Waals surface area contributed by atoms with E-state index in [4.69, 9.17) is 9.47 Å². The van der Waals surface area contributed by atoms with E-state index < -0.39 is 0 Å². The predicted octanol–water partition coefficient (Wildman–Crippen LogP) is 2.64. The normalized spacial score (nSPS) is 20.1. The Balaban J connectivity index is 1.99. The molecule has 2 aliphatic heterocycles. The van der Waals surface area contributed by atoms with Crippen LogP contribution in [0.3, 0.4) is 0 Å². The van der Waals surface area contributed by atoms with E-state index >= 15 is 0 Å². The molecule has 1 aromatic carbocycles. The number of benzene rings is 1. The number of hydrogen-bond donors (Lipinski definition) is 1. The van der Waals surface area contributed by atoms with Crippen LogP contribution in [-0.4, -0.2) is 19.9 Å². The number of piperidine rings is 1. The summed E-state index contributed by atoms with van der Waals surface area (Å²) in [6.07, 6.45) is 2.35. The van der Waals surface area contributed by atoms with Crippen LogP contribution in [0.5, 0.6) is 11.5 Å². The zero-order chi connectivity index (χ0) is 11.0. The first-order chi connectivity index (χ1) is 7.84. The number of fused-ring (bicyclic) bond motifs is 1. The molecule has 4 heteroatoms. The number of ether oxygens (including phenoxy) is 2. The zero-order valence-electron chi connectivity index (χ0n) is 8.96. The molecule has 0 unspecified atom stereocenters. The highest BCUT2D eigenvalue weighted by Gasteiger charge is 2.25. The lowest BCUT2D eigenvalue weighted by Gasteiger charge is -2.24. The average molecular weight is 284 g/mol. The SMILES string of the molecule is Brc1cc2c(c(C3CCNCC3)c1)OCO2. The minimum atomic E-state index is 0.351. The van der Waals surface area contributed by atoms with Crippen molar-refractivity contribution in [3.8, 4) is 11.5 Å². The van der Waals surface area contributed by atoms with Crippen LogP contribution in [0.25, 0.3) is 0 Å². The van der Waals surface area contributed by atoms with Crippen LogP contribution in [0.2, 0.25) is 0 Å². The van der Waals surface area contributed by atoms with Gasteiger partial charge in [0.15, 0.2) is 11.5 Å². The molecule has 3 nitrogen and oxygen atoms in total. The fraction of sp³-hybridized carbons (Fsp3) is 0.500. The van der Waals surface area contributed by atoms with Crippen molar-refractivity contribution in [1.29, 1.82) is 0 Å². The Morgan fingerprint density at radius 2 is 2.00 bits per heavy atom. The molecule has 1 saturated heterocycles. The third kappa shape index (κ3) is 1.80. The van der Waals surface area contributed by atoms with Gasteiger partial charge in [0.1, 0.15) is 0 Å². The number of halogens is 1. The summed E-state index contributed by atoms with van der Waals surface area (Å²) in [5.41, 5.74) is 1.29. The lowest BCUT2D eigenvalue weighted by molar-refractivity contribution is 0.172. The van der Waals surface area contributed by atoms with E-state index in [0.29, 0.717) is 12.7 Å². The molecule has 0 radical (unpaired) electrons. The molecule has 0 amide bonds. The maximum atomic E-state index is 5.57. The summed E-state index contributed by atoms with van der Waals surface area (Å²) >= 11 is 3.53. The maximum Gasteiger partial charge on any atom is 0.231 e. The summed E-state index contributed by atoms with van der Waals surface area (Å²) in [4.78, 5) is 0. The summed E-state index contributed by atoms with van der Waals surface area (Å²) in [6, 6.07) is 4.15. The van der Waals surface area contributed by atoms with E-state index in [1.54, 1.807) is 0 Å². The average Bonchev–Trinajstić information content (AvgIpc) is 2.77. The van der Waals surface area contributed by atoms with Gasteiger partial charge in [0.25, 0.3) is 0 Å². The molecule has 1 N–H and O–H groups in total. The smallest absolute Gasteiger partial charge is 0.231 e. The largest absolute Gasteiger partial charge is 0.454 e. The minimum absolute atomic E-state index is 0.351. The van der Waals surface area contributed by atoms with Crippen molar-refractivity contribution in [2.75, 3.05) is 19.9 Å². The van der Waals surface area contributed by atoms with Gasteiger partial charge in [0, 0.05) is 10.0 Å². The van der Waals surface area contributed by atoms with Crippen molar-refractivity contribution < 1.29 is 9.47 Å². The van der Waals surface area contributed by atoms with Crippen LogP contribution in [0, 0.1) is 0 Å². The molecule has 3 rings (SSSR count). The first-order valence-electron chi connectivity index (χ1n) is 5.64. The molecular formula is C12H14BrNO2. The highest BCUT2D eigenvalue weighted by atomic mass is 79.9. The Morgan fingerprint density at radius 3 is 2.81 bits per heavy atom. The van der Waals surface area contributed by atoms with Crippen LogP contribution in [0.15, 0.2) is 16.6 Å². The Hall–Kier alpha value is -0.740. The second-order valence-electron chi connectivity index (χ2n) is 4.25. The van der Waals surface area contributed by atoms with Gasteiger partial charge in [0.05, 0.1) is 0 Å².